The molecule has 3 aromatic rings. The lowest BCUT2D eigenvalue weighted by Gasteiger charge is -1.91. The third-order valence-electron chi connectivity index (χ3n) is 2.55. The summed E-state index contributed by atoms with van der Waals surface area (Å²) in [6.07, 6.45) is 0. The number of carbonyl (C=O) groups is 1. The average Bonchev–Trinajstić information content (AvgIpc) is 2.95. The first-order valence-corrected chi connectivity index (χ1v) is 6.38. The number of benzene rings is 1. The van der Waals surface area contributed by atoms with Gasteiger partial charge in [-0.1, -0.05) is 23.7 Å². The first-order chi connectivity index (χ1) is 8.65. The molecule has 5 heteroatoms. The van der Waals surface area contributed by atoms with Crippen molar-refractivity contribution in [3.63, 3.8) is 0 Å². The quantitative estimate of drug-likeness (QED) is 0.646. The Kier molecular flexibility index (Phi) is 2.69. The number of para-hydroxylation sites is 1. The van der Waals surface area contributed by atoms with E-state index in [4.69, 9.17) is 16.0 Å². The Morgan fingerprint density at radius 3 is 2.83 bits per heavy atom. The molecule has 18 heavy (non-hydrogen) atoms. The van der Waals surface area contributed by atoms with Crippen LogP contribution in [0.5, 0.6) is 0 Å². The summed E-state index contributed by atoms with van der Waals surface area (Å²) < 4.78 is 19.2. The maximum Gasteiger partial charge on any atom is 0.229 e. The van der Waals surface area contributed by atoms with Gasteiger partial charge in [0.15, 0.2) is 17.2 Å². The second-order valence-electron chi connectivity index (χ2n) is 3.74. The molecular weight excluding hydrogens is 275 g/mol. The zero-order chi connectivity index (χ0) is 12.7. The number of hydrogen-bond donors (Lipinski definition) is 0. The predicted molar refractivity (Wildman–Crippen MR) is 68.9 cm³/mol. The first-order valence-electron chi connectivity index (χ1n) is 5.12. The van der Waals surface area contributed by atoms with Crippen LogP contribution in [0.4, 0.5) is 4.39 Å². The highest BCUT2D eigenvalue weighted by Gasteiger charge is 2.17. The fraction of sp³-hybridized carbons (Fsp3) is 0. The molecule has 0 fully saturated rings. The van der Waals surface area contributed by atoms with Gasteiger partial charge in [-0.05, 0) is 18.2 Å². The fourth-order valence-corrected chi connectivity index (χ4v) is 2.57. The van der Waals surface area contributed by atoms with Gasteiger partial charge in [0.25, 0.3) is 0 Å². The number of hydrogen-bond acceptors (Lipinski definition) is 3. The Morgan fingerprint density at radius 1 is 1.33 bits per heavy atom. The predicted octanol–water partition coefficient (Wildman–Crippen LogP) is 4.52. The molecule has 0 aliphatic heterocycles. The number of halogens is 2. The van der Waals surface area contributed by atoms with Crippen LogP contribution in [0.1, 0.15) is 16.1 Å². The summed E-state index contributed by atoms with van der Waals surface area (Å²) in [5, 5.41) is 2.22. The monoisotopic (exact) mass is 280 g/mol. The second kappa shape index (κ2) is 4.23. The van der Waals surface area contributed by atoms with Crippen LogP contribution in [0.15, 0.2) is 40.1 Å². The number of fused-ring (bicyclic) bond motifs is 1. The van der Waals surface area contributed by atoms with E-state index < -0.39 is 5.82 Å². The standard InChI is InChI=1S/C13H6ClFO2S/c14-11-5-8(6-18-11)12(16)10-4-7-2-1-3-9(15)13(7)17-10/h1-6H. The minimum atomic E-state index is -0.477. The van der Waals surface area contributed by atoms with Gasteiger partial charge in [0, 0.05) is 16.3 Å². The van der Waals surface area contributed by atoms with Crippen molar-refractivity contribution in [2.45, 2.75) is 0 Å². The highest BCUT2D eigenvalue weighted by atomic mass is 35.5. The maximum atomic E-state index is 13.4. The summed E-state index contributed by atoms with van der Waals surface area (Å²) >= 11 is 7.04. The van der Waals surface area contributed by atoms with Gasteiger partial charge in [-0.15, -0.1) is 11.3 Å². The van der Waals surface area contributed by atoms with E-state index in [1.54, 1.807) is 23.6 Å². The molecule has 0 aliphatic rings. The first kappa shape index (κ1) is 11.4. The van der Waals surface area contributed by atoms with Crippen molar-refractivity contribution in [2.24, 2.45) is 0 Å². The molecule has 3 rings (SSSR count). The minimum absolute atomic E-state index is 0.0992. The molecule has 0 bridgehead atoms. The van der Waals surface area contributed by atoms with Gasteiger partial charge >= 0.3 is 0 Å². The fourth-order valence-electron chi connectivity index (χ4n) is 1.71. The van der Waals surface area contributed by atoms with Crippen LogP contribution in [0.2, 0.25) is 4.34 Å². The van der Waals surface area contributed by atoms with E-state index in [0.717, 1.165) is 0 Å². The average molecular weight is 281 g/mol. The normalized spacial score (nSPS) is 11.0. The van der Waals surface area contributed by atoms with Crippen molar-refractivity contribution in [1.29, 1.82) is 0 Å². The topological polar surface area (TPSA) is 30.2 Å². The van der Waals surface area contributed by atoms with Crippen molar-refractivity contribution >= 4 is 39.7 Å². The Labute approximate surface area is 111 Å². The molecular formula is C13H6ClFO2S. The van der Waals surface area contributed by atoms with Crippen LogP contribution < -0.4 is 0 Å². The van der Waals surface area contributed by atoms with Crippen LogP contribution in [0, 0.1) is 5.82 Å². The van der Waals surface area contributed by atoms with E-state index in [-0.39, 0.29) is 17.1 Å². The highest BCUT2D eigenvalue weighted by molar-refractivity contribution is 7.14. The number of carbonyl (C=O) groups excluding carboxylic acids is 1. The van der Waals surface area contributed by atoms with Gasteiger partial charge < -0.3 is 4.42 Å². The van der Waals surface area contributed by atoms with E-state index in [0.29, 0.717) is 15.3 Å². The zero-order valence-electron chi connectivity index (χ0n) is 8.94. The highest BCUT2D eigenvalue weighted by Crippen LogP contribution is 2.26. The van der Waals surface area contributed by atoms with E-state index >= 15 is 0 Å². The molecule has 0 unspecified atom stereocenters. The largest absolute Gasteiger partial charge is 0.449 e. The van der Waals surface area contributed by atoms with Crippen molar-refractivity contribution in [3.8, 4) is 0 Å². The summed E-state index contributed by atoms with van der Waals surface area (Å²) in [5.41, 5.74) is 0.548. The smallest absolute Gasteiger partial charge is 0.229 e. The molecule has 0 amide bonds. The van der Waals surface area contributed by atoms with Gasteiger partial charge in [0.05, 0.1) is 4.34 Å². The van der Waals surface area contributed by atoms with Gasteiger partial charge in [-0.2, -0.15) is 0 Å². The summed E-state index contributed by atoms with van der Waals surface area (Å²) in [6, 6.07) is 7.66. The Hall–Kier alpha value is -1.65. The third kappa shape index (κ3) is 1.83. The lowest BCUT2D eigenvalue weighted by atomic mass is 10.1. The SMILES string of the molecule is O=C(c1csc(Cl)c1)c1cc2cccc(F)c2o1. The Balaban J connectivity index is 2.10. The molecule has 2 heterocycles. The summed E-state index contributed by atoms with van der Waals surface area (Å²) in [4.78, 5) is 12.1. The van der Waals surface area contributed by atoms with Crippen molar-refractivity contribution in [1.82, 2.24) is 0 Å². The van der Waals surface area contributed by atoms with E-state index in [9.17, 15) is 9.18 Å². The van der Waals surface area contributed by atoms with Crippen LogP contribution in [-0.2, 0) is 0 Å². The number of furan rings is 1. The van der Waals surface area contributed by atoms with Crippen molar-refractivity contribution in [2.75, 3.05) is 0 Å². The van der Waals surface area contributed by atoms with Gasteiger partial charge in [-0.25, -0.2) is 4.39 Å². The Morgan fingerprint density at radius 2 is 2.17 bits per heavy atom. The molecule has 0 atom stereocenters. The lowest BCUT2D eigenvalue weighted by Crippen LogP contribution is -1.96. The molecule has 0 radical (unpaired) electrons. The molecule has 0 saturated carbocycles. The summed E-state index contributed by atoms with van der Waals surface area (Å²) in [5.74, 6) is -0.659. The zero-order valence-corrected chi connectivity index (χ0v) is 10.5. The molecule has 1 aromatic carbocycles. The minimum Gasteiger partial charge on any atom is -0.449 e. The molecule has 0 aliphatic carbocycles. The van der Waals surface area contributed by atoms with Gasteiger partial charge in [0.1, 0.15) is 0 Å². The molecule has 90 valence electrons. The lowest BCUT2D eigenvalue weighted by molar-refractivity contribution is 0.101. The van der Waals surface area contributed by atoms with Gasteiger partial charge in [0.2, 0.25) is 5.78 Å². The number of thiophene rings is 1. The number of ketones is 1. The van der Waals surface area contributed by atoms with E-state index in [1.165, 1.54) is 23.5 Å². The van der Waals surface area contributed by atoms with Crippen molar-refractivity contribution in [3.05, 3.63) is 57.2 Å². The van der Waals surface area contributed by atoms with Crippen LogP contribution >= 0.6 is 22.9 Å². The molecule has 2 nitrogen and oxygen atoms in total. The summed E-state index contributed by atoms with van der Waals surface area (Å²) in [7, 11) is 0. The molecule has 0 spiro atoms. The third-order valence-corrected chi connectivity index (χ3v) is 3.64. The molecule has 2 aromatic heterocycles. The number of rotatable bonds is 2. The van der Waals surface area contributed by atoms with Crippen LogP contribution in [0.25, 0.3) is 11.0 Å². The summed E-state index contributed by atoms with van der Waals surface area (Å²) in [6.45, 7) is 0. The van der Waals surface area contributed by atoms with Crippen molar-refractivity contribution < 1.29 is 13.6 Å². The van der Waals surface area contributed by atoms with E-state index in [2.05, 4.69) is 0 Å². The molecule has 0 N–H and O–H groups in total. The van der Waals surface area contributed by atoms with Gasteiger partial charge in [-0.3, -0.25) is 4.79 Å². The van der Waals surface area contributed by atoms with E-state index in [1.807, 2.05) is 0 Å². The van der Waals surface area contributed by atoms with Crippen LogP contribution in [0.3, 0.4) is 0 Å². The maximum absolute atomic E-state index is 13.4. The second-order valence-corrected chi connectivity index (χ2v) is 5.28. The van der Waals surface area contributed by atoms with Crippen LogP contribution in [-0.4, -0.2) is 5.78 Å². The Bertz CT molecular complexity index is 744. The molecule has 0 saturated heterocycles.